The van der Waals surface area contributed by atoms with Gasteiger partial charge in [0.25, 0.3) is 0 Å². The van der Waals surface area contributed by atoms with Crippen LogP contribution in [0.3, 0.4) is 0 Å². The Kier molecular flexibility index (Phi) is 5.38. The average Bonchev–Trinajstić information content (AvgIpc) is 2.37. The Morgan fingerprint density at radius 3 is 2.44 bits per heavy atom. The summed E-state index contributed by atoms with van der Waals surface area (Å²) in [6.07, 6.45) is 0.942. The van der Waals surface area contributed by atoms with Crippen molar-refractivity contribution >= 4 is 5.91 Å². The normalized spacial score (nSPS) is 11.9. The highest BCUT2D eigenvalue weighted by atomic mass is 16.1. The van der Waals surface area contributed by atoms with Crippen molar-refractivity contribution in [2.45, 2.75) is 33.7 Å². The Hall–Kier alpha value is -1.82. The summed E-state index contributed by atoms with van der Waals surface area (Å²) >= 11 is 0. The molecule has 1 atom stereocenters. The smallest absolute Gasteiger partial charge is 0.237 e. The number of hydrogen-bond acceptors (Lipinski definition) is 2. The lowest BCUT2D eigenvalue weighted by Gasteiger charge is -2.14. The van der Waals surface area contributed by atoms with E-state index in [4.69, 9.17) is 5.26 Å². The lowest BCUT2D eigenvalue weighted by atomic mass is 9.96. The summed E-state index contributed by atoms with van der Waals surface area (Å²) in [6.45, 7) is 6.35. The molecule has 1 unspecified atom stereocenters. The van der Waals surface area contributed by atoms with Gasteiger partial charge in [-0.15, -0.1) is 0 Å². The van der Waals surface area contributed by atoms with Gasteiger partial charge in [0, 0.05) is 6.54 Å². The molecule has 3 heteroatoms. The predicted octanol–water partition coefficient (Wildman–Crippen LogP) is 2.66. The monoisotopic (exact) mass is 244 g/mol. The van der Waals surface area contributed by atoms with Crippen LogP contribution in [0.1, 0.15) is 31.9 Å². The third-order valence-corrected chi connectivity index (χ3v) is 3.04. The summed E-state index contributed by atoms with van der Waals surface area (Å²) in [6, 6.07) is 10.1. The maximum atomic E-state index is 11.9. The van der Waals surface area contributed by atoms with Gasteiger partial charge in [-0.3, -0.25) is 4.79 Å². The molecule has 0 fully saturated rings. The van der Waals surface area contributed by atoms with E-state index in [1.54, 1.807) is 0 Å². The third kappa shape index (κ3) is 3.59. The van der Waals surface area contributed by atoms with Gasteiger partial charge in [0.1, 0.15) is 5.92 Å². The second-order valence-corrected chi connectivity index (χ2v) is 4.69. The number of carbonyl (C=O) groups excluding carboxylic acids is 1. The molecule has 0 saturated carbocycles. The van der Waals surface area contributed by atoms with Gasteiger partial charge < -0.3 is 5.32 Å². The number of nitrogens with one attached hydrogen (secondary N) is 1. The fourth-order valence-electron chi connectivity index (χ4n) is 1.88. The second kappa shape index (κ2) is 6.80. The minimum Gasteiger partial charge on any atom is -0.351 e. The fraction of sp³-hybridized carbons (Fsp3) is 0.467. The minimum atomic E-state index is -0.571. The van der Waals surface area contributed by atoms with Crippen molar-refractivity contribution in [2.75, 3.05) is 0 Å². The van der Waals surface area contributed by atoms with Crippen molar-refractivity contribution in [1.82, 2.24) is 5.32 Å². The molecule has 0 aliphatic rings. The van der Waals surface area contributed by atoms with Crippen LogP contribution in [0.5, 0.6) is 0 Å². The zero-order valence-corrected chi connectivity index (χ0v) is 11.2. The zero-order chi connectivity index (χ0) is 13.5. The molecule has 0 heterocycles. The van der Waals surface area contributed by atoms with Crippen molar-refractivity contribution < 1.29 is 4.79 Å². The Balaban J connectivity index is 2.65. The highest BCUT2D eigenvalue weighted by Gasteiger charge is 2.21. The average molecular weight is 244 g/mol. The topological polar surface area (TPSA) is 52.9 Å². The van der Waals surface area contributed by atoms with Crippen molar-refractivity contribution in [3.63, 3.8) is 0 Å². The first kappa shape index (κ1) is 14.2. The number of benzene rings is 1. The van der Waals surface area contributed by atoms with Gasteiger partial charge in [-0.25, -0.2) is 0 Å². The molecular weight excluding hydrogens is 224 g/mol. The lowest BCUT2D eigenvalue weighted by Crippen LogP contribution is -2.32. The highest BCUT2D eigenvalue weighted by Crippen LogP contribution is 2.12. The van der Waals surface area contributed by atoms with E-state index in [0.717, 1.165) is 12.0 Å². The Bertz CT molecular complexity index is 446. The molecule has 1 N–H and O–H groups in total. The van der Waals surface area contributed by atoms with E-state index in [-0.39, 0.29) is 11.8 Å². The molecule has 0 aromatic heterocycles. The first-order valence-electron chi connectivity index (χ1n) is 6.34. The van der Waals surface area contributed by atoms with Crippen LogP contribution >= 0.6 is 0 Å². The van der Waals surface area contributed by atoms with Gasteiger partial charge >= 0.3 is 0 Å². The quantitative estimate of drug-likeness (QED) is 0.865. The van der Waals surface area contributed by atoms with Crippen LogP contribution in [0.15, 0.2) is 24.3 Å². The van der Waals surface area contributed by atoms with Crippen molar-refractivity contribution in [3.8, 4) is 6.07 Å². The number of carbonyl (C=O) groups is 1. The summed E-state index contributed by atoms with van der Waals surface area (Å²) in [7, 11) is 0. The van der Waals surface area contributed by atoms with Gasteiger partial charge in [-0.1, -0.05) is 45.0 Å². The number of nitrogens with zero attached hydrogens (tertiary/aromatic N) is 1. The first-order chi connectivity index (χ1) is 8.60. The van der Waals surface area contributed by atoms with Crippen LogP contribution in [0.2, 0.25) is 0 Å². The number of hydrogen-bond donors (Lipinski definition) is 1. The number of rotatable bonds is 5. The molecule has 1 amide bonds. The van der Waals surface area contributed by atoms with Crippen molar-refractivity contribution in [3.05, 3.63) is 35.4 Å². The van der Waals surface area contributed by atoms with E-state index in [2.05, 4.69) is 24.4 Å². The fourth-order valence-corrected chi connectivity index (χ4v) is 1.88. The second-order valence-electron chi connectivity index (χ2n) is 4.69. The van der Waals surface area contributed by atoms with Crippen LogP contribution in [-0.4, -0.2) is 5.91 Å². The minimum absolute atomic E-state index is 0.0384. The number of nitriles is 1. The van der Waals surface area contributed by atoms with Crippen LogP contribution in [-0.2, 0) is 17.8 Å². The Labute approximate surface area is 109 Å². The maximum Gasteiger partial charge on any atom is 0.237 e. The van der Waals surface area contributed by atoms with E-state index in [0.29, 0.717) is 6.54 Å². The Morgan fingerprint density at radius 2 is 1.94 bits per heavy atom. The molecule has 3 nitrogen and oxygen atoms in total. The SMILES string of the molecule is CCc1ccccc1CNC(=O)C(C#N)C(C)C. The molecule has 1 rings (SSSR count). The molecule has 0 saturated heterocycles. The Morgan fingerprint density at radius 1 is 1.33 bits per heavy atom. The molecule has 0 radical (unpaired) electrons. The summed E-state index contributed by atoms with van der Waals surface area (Å²) < 4.78 is 0. The summed E-state index contributed by atoms with van der Waals surface area (Å²) in [5.74, 6) is -0.714. The van der Waals surface area contributed by atoms with E-state index < -0.39 is 5.92 Å². The summed E-state index contributed by atoms with van der Waals surface area (Å²) in [5, 5.41) is 11.8. The summed E-state index contributed by atoms with van der Waals surface area (Å²) in [4.78, 5) is 11.9. The van der Waals surface area contributed by atoms with E-state index in [1.165, 1.54) is 5.56 Å². The van der Waals surface area contributed by atoms with Crippen LogP contribution < -0.4 is 5.32 Å². The number of amides is 1. The molecule has 0 spiro atoms. The molecule has 0 aliphatic carbocycles. The standard InChI is InChI=1S/C15H20N2O/c1-4-12-7-5-6-8-13(12)10-17-15(18)14(9-16)11(2)3/h5-8,11,14H,4,10H2,1-3H3,(H,17,18). The van der Waals surface area contributed by atoms with E-state index in [1.807, 2.05) is 32.0 Å². The van der Waals surface area contributed by atoms with Crippen molar-refractivity contribution in [2.24, 2.45) is 11.8 Å². The van der Waals surface area contributed by atoms with E-state index >= 15 is 0 Å². The van der Waals surface area contributed by atoms with Gasteiger partial charge in [0.05, 0.1) is 6.07 Å². The maximum absolute atomic E-state index is 11.9. The molecule has 18 heavy (non-hydrogen) atoms. The molecule has 1 aromatic rings. The van der Waals surface area contributed by atoms with Crippen LogP contribution in [0.4, 0.5) is 0 Å². The van der Waals surface area contributed by atoms with Gasteiger partial charge in [-0.2, -0.15) is 5.26 Å². The summed E-state index contributed by atoms with van der Waals surface area (Å²) in [5.41, 5.74) is 2.35. The van der Waals surface area contributed by atoms with Crippen LogP contribution in [0, 0.1) is 23.2 Å². The van der Waals surface area contributed by atoms with Crippen molar-refractivity contribution in [1.29, 1.82) is 5.26 Å². The molecule has 0 aliphatic heterocycles. The number of aryl methyl sites for hydroxylation is 1. The molecular formula is C15H20N2O. The largest absolute Gasteiger partial charge is 0.351 e. The lowest BCUT2D eigenvalue weighted by molar-refractivity contribution is -0.124. The zero-order valence-electron chi connectivity index (χ0n) is 11.2. The van der Waals surface area contributed by atoms with Gasteiger partial charge in [0.2, 0.25) is 5.91 Å². The highest BCUT2D eigenvalue weighted by molar-refractivity contribution is 5.81. The molecule has 1 aromatic carbocycles. The molecule has 0 bridgehead atoms. The predicted molar refractivity (Wildman–Crippen MR) is 71.6 cm³/mol. The van der Waals surface area contributed by atoms with Gasteiger partial charge in [-0.05, 0) is 23.5 Å². The third-order valence-electron chi connectivity index (χ3n) is 3.04. The first-order valence-corrected chi connectivity index (χ1v) is 6.34. The van der Waals surface area contributed by atoms with Gasteiger partial charge in [0.15, 0.2) is 0 Å². The van der Waals surface area contributed by atoms with E-state index in [9.17, 15) is 4.79 Å². The van der Waals surface area contributed by atoms with Crippen LogP contribution in [0.25, 0.3) is 0 Å². The molecule has 96 valence electrons.